The molecule has 0 N–H and O–H groups in total. The van der Waals surface area contributed by atoms with Crippen molar-refractivity contribution < 1.29 is 42.9 Å². The predicted octanol–water partition coefficient (Wildman–Crippen LogP) is 5.29. The second kappa shape index (κ2) is 13.6. The first-order chi connectivity index (χ1) is 19.5. The van der Waals surface area contributed by atoms with Gasteiger partial charge in [-0.25, -0.2) is 0 Å². The lowest BCUT2D eigenvalue weighted by atomic mass is 9.92. The fraction of sp³-hybridized carbons (Fsp3) is 0.667. The van der Waals surface area contributed by atoms with E-state index in [1.807, 2.05) is 30.3 Å². The summed E-state index contributed by atoms with van der Waals surface area (Å²) in [7, 11) is 0. The highest BCUT2D eigenvalue weighted by Gasteiger charge is 2.54. The molecule has 10 nitrogen and oxygen atoms in total. The number of benzene rings is 1. The van der Waals surface area contributed by atoms with Crippen molar-refractivity contribution in [3.8, 4) is 0 Å². The molecule has 0 unspecified atom stereocenters. The van der Waals surface area contributed by atoms with Gasteiger partial charge in [0.05, 0.1) is 21.7 Å². The molecule has 240 valence electrons. The molecule has 1 aliphatic rings. The number of nitrogens with zero attached hydrogens (tertiary/aromatic N) is 1. The predicted molar refractivity (Wildman–Crippen MR) is 161 cm³/mol. The van der Waals surface area contributed by atoms with E-state index in [4.69, 9.17) is 23.7 Å². The molecule has 2 rings (SSSR count). The van der Waals surface area contributed by atoms with E-state index in [1.54, 1.807) is 89.3 Å². The maximum Gasteiger partial charge on any atom is 0.311 e. The minimum Gasteiger partial charge on any atom is -0.462 e. The van der Waals surface area contributed by atoms with E-state index >= 15 is 0 Å². The Morgan fingerprint density at radius 1 is 0.651 bits per heavy atom. The number of esters is 4. The van der Waals surface area contributed by atoms with Crippen LogP contribution >= 0.6 is 0 Å². The van der Waals surface area contributed by atoms with Crippen LogP contribution in [0.4, 0.5) is 0 Å². The van der Waals surface area contributed by atoms with Crippen molar-refractivity contribution in [1.29, 1.82) is 0 Å². The third-order valence-electron chi connectivity index (χ3n) is 6.34. The van der Waals surface area contributed by atoms with E-state index in [1.165, 1.54) is 0 Å². The summed E-state index contributed by atoms with van der Waals surface area (Å²) >= 11 is 0. The molecule has 0 amide bonds. The maximum atomic E-state index is 13.3. The highest BCUT2D eigenvalue weighted by Crippen LogP contribution is 2.34. The lowest BCUT2D eigenvalue weighted by Gasteiger charge is -2.45. The molecule has 1 saturated heterocycles. The molecule has 0 saturated carbocycles. The summed E-state index contributed by atoms with van der Waals surface area (Å²) in [5.41, 5.74) is -2.90. The van der Waals surface area contributed by atoms with Gasteiger partial charge in [-0.05, 0) is 88.6 Å². The van der Waals surface area contributed by atoms with Gasteiger partial charge >= 0.3 is 23.9 Å². The summed E-state index contributed by atoms with van der Waals surface area (Å²) in [6.45, 7) is 19.9. The zero-order valence-electron chi connectivity index (χ0n) is 27.7. The van der Waals surface area contributed by atoms with E-state index in [-0.39, 0.29) is 6.61 Å². The van der Waals surface area contributed by atoms with Gasteiger partial charge in [-0.15, -0.1) is 0 Å². The monoisotopic (exact) mass is 603 g/mol. The molecule has 0 radical (unpaired) electrons. The lowest BCUT2D eigenvalue weighted by molar-refractivity contribution is -0.258. The van der Waals surface area contributed by atoms with E-state index < -0.39 is 76.2 Å². The van der Waals surface area contributed by atoms with Gasteiger partial charge in [-0.3, -0.25) is 24.2 Å². The Morgan fingerprint density at radius 3 is 1.51 bits per heavy atom. The van der Waals surface area contributed by atoms with Crippen molar-refractivity contribution in [1.82, 2.24) is 0 Å². The number of ether oxygens (including phenoxy) is 5. The first kappa shape index (κ1) is 35.9. The first-order valence-corrected chi connectivity index (χ1v) is 14.6. The molecule has 0 bridgehead atoms. The molecule has 0 spiro atoms. The summed E-state index contributed by atoms with van der Waals surface area (Å²) in [6.07, 6.45) is -4.71. The summed E-state index contributed by atoms with van der Waals surface area (Å²) in [6, 6.07) is 9.19. The second-order valence-corrected chi connectivity index (χ2v) is 15.0. The average Bonchev–Trinajstić information content (AvgIpc) is 2.86. The van der Waals surface area contributed by atoms with Gasteiger partial charge in [0.15, 0.2) is 24.5 Å². The van der Waals surface area contributed by atoms with Gasteiger partial charge in [-0.1, -0.05) is 30.3 Å². The smallest absolute Gasteiger partial charge is 0.311 e. The number of aliphatic imine (C=N–C) groups is 1. The highest BCUT2D eigenvalue weighted by atomic mass is 16.7. The quantitative estimate of drug-likeness (QED) is 0.232. The highest BCUT2D eigenvalue weighted by molar-refractivity contribution is 5.80. The summed E-state index contributed by atoms with van der Waals surface area (Å²) < 4.78 is 29.8. The summed E-state index contributed by atoms with van der Waals surface area (Å²) in [4.78, 5) is 57.1. The zero-order valence-corrected chi connectivity index (χ0v) is 27.7. The van der Waals surface area contributed by atoms with Crippen molar-refractivity contribution in [3.05, 3.63) is 35.9 Å². The van der Waals surface area contributed by atoms with Crippen LogP contribution in [0.1, 0.15) is 88.6 Å². The third kappa shape index (κ3) is 10.4. The van der Waals surface area contributed by atoms with Crippen molar-refractivity contribution in [2.45, 2.75) is 114 Å². The molecule has 43 heavy (non-hydrogen) atoms. The van der Waals surface area contributed by atoms with Gasteiger partial charge < -0.3 is 23.7 Å². The number of carbonyl (C=O) groups is 4. The Labute approximate surface area is 255 Å². The van der Waals surface area contributed by atoms with Gasteiger partial charge in [-0.2, -0.15) is 0 Å². The molecule has 5 atom stereocenters. The number of hydrogen-bond acceptors (Lipinski definition) is 10. The van der Waals surface area contributed by atoms with Gasteiger partial charge in [0.25, 0.3) is 0 Å². The molecule has 1 aliphatic heterocycles. The molecule has 0 aromatic heterocycles. The van der Waals surface area contributed by atoms with Crippen molar-refractivity contribution >= 4 is 30.1 Å². The van der Waals surface area contributed by atoms with Crippen LogP contribution in [-0.2, 0) is 42.9 Å². The molecular formula is C33H49NO9. The lowest BCUT2D eigenvalue weighted by Crippen LogP contribution is -2.63. The van der Waals surface area contributed by atoms with E-state index in [2.05, 4.69) is 4.99 Å². The second-order valence-electron chi connectivity index (χ2n) is 15.0. The molecule has 1 aromatic carbocycles. The van der Waals surface area contributed by atoms with Crippen LogP contribution in [0.2, 0.25) is 0 Å². The van der Waals surface area contributed by atoms with Crippen molar-refractivity contribution in [2.24, 2.45) is 26.7 Å². The maximum absolute atomic E-state index is 13.3. The fourth-order valence-corrected chi connectivity index (χ4v) is 3.53. The van der Waals surface area contributed by atoms with Crippen molar-refractivity contribution in [3.63, 3.8) is 0 Å². The van der Waals surface area contributed by atoms with Crippen LogP contribution in [0.15, 0.2) is 35.3 Å². The minimum atomic E-state index is -1.34. The molecule has 1 heterocycles. The van der Waals surface area contributed by atoms with E-state index in [0.717, 1.165) is 5.56 Å². The number of rotatable bonds is 7. The van der Waals surface area contributed by atoms with Crippen molar-refractivity contribution in [2.75, 3.05) is 6.61 Å². The standard InChI is InChI=1S/C33H49NO9/c1-30(2,3)26(35)39-19-21-22(41-27(36)31(4,5)6)23(42-28(37)32(7,8)9)24(43-29(38)33(10,11)12)25(40-21)34-18-20-16-14-13-15-17-20/h13-18,21-25H,19H2,1-12H3/b34-18+/t21-,22+,23+,24-,25-/m1/s1. The van der Waals surface area contributed by atoms with E-state index in [0.29, 0.717) is 0 Å². The van der Waals surface area contributed by atoms with Crippen LogP contribution < -0.4 is 0 Å². The fourth-order valence-electron chi connectivity index (χ4n) is 3.53. The molecule has 1 fully saturated rings. The van der Waals surface area contributed by atoms with Gasteiger partial charge in [0.2, 0.25) is 0 Å². The number of carbonyl (C=O) groups excluding carboxylic acids is 4. The Kier molecular flexibility index (Phi) is 11.3. The molecule has 1 aromatic rings. The first-order valence-electron chi connectivity index (χ1n) is 14.6. The largest absolute Gasteiger partial charge is 0.462 e. The minimum absolute atomic E-state index is 0.334. The summed E-state index contributed by atoms with van der Waals surface area (Å²) in [5, 5.41) is 0. The van der Waals surface area contributed by atoms with Crippen LogP contribution in [0.5, 0.6) is 0 Å². The topological polar surface area (TPSA) is 127 Å². The van der Waals surface area contributed by atoms with Gasteiger partial charge in [0, 0.05) is 6.21 Å². The molecule has 10 heteroatoms. The molecular weight excluding hydrogens is 554 g/mol. The van der Waals surface area contributed by atoms with Crippen LogP contribution in [0.25, 0.3) is 0 Å². The zero-order chi connectivity index (χ0) is 33.0. The molecule has 0 aliphatic carbocycles. The van der Waals surface area contributed by atoms with Crippen LogP contribution in [0, 0.1) is 21.7 Å². The van der Waals surface area contributed by atoms with Crippen LogP contribution in [-0.4, -0.2) is 67.3 Å². The third-order valence-corrected chi connectivity index (χ3v) is 6.34. The van der Waals surface area contributed by atoms with Gasteiger partial charge in [0.1, 0.15) is 12.7 Å². The van der Waals surface area contributed by atoms with Crippen LogP contribution in [0.3, 0.4) is 0 Å². The Morgan fingerprint density at radius 2 is 1.07 bits per heavy atom. The average molecular weight is 604 g/mol. The Bertz CT molecular complexity index is 1160. The SMILES string of the molecule is CC(C)(C)C(=O)OC[C@H]1O[C@@H](/N=C/c2ccccc2)[C@H](OC(=O)C(C)(C)C)[C@@H](OC(=O)C(C)(C)C)[C@H]1OC(=O)C(C)(C)C. The Balaban J connectivity index is 2.70. The summed E-state index contributed by atoms with van der Waals surface area (Å²) in [5.74, 6) is -2.34. The Hall–Kier alpha value is -3.27. The normalized spacial score (nSPS) is 23.4. The van der Waals surface area contributed by atoms with E-state index in [9.17, 15) is 19.2 Å². The number of hydrogen-bond donors (Lipinski definition) is 0.